The number of carbonyl (C=O) groups is 1. The molecule has 0 radical (unpaired) electrons. The fourth-order valence-corrected chi connectivity index (χ4v) is 1.99. The zero-order chi connectivity index (χ0) is 15.4. The Morgan fingerprint density at radius 3 is 2.33 bits per heavy atom. The van der Waals surface area contributed by atoms with E-state index in [4.69, 9.17) is 12.2 Å². The maximum absolute atomic E-state index is 12.0. The van der Waals surface area contributed by atoms with Crippen LogP contribution < -0.4 is 10.6 Å². The normalized spacial score (nSPS) is 10.0. The fourth-order valence-electron chi connectivity index (χ4n) is 1.78. The summed E-state index contributed by atoms with van der Waals surface area (Å²) in [4.78, 5) is 12.0. The summed E-state index contributed by atoms with van der Waals surface area (Å²) in [6, 6.07) is 12.3. The number of carbonyl (C=O) groups excluding carboxylic acids is 1. The molecule has 108 valence electrons. The number of amides is 1. The van der Waals surface area contributed by atoms with Gasteiger partial charge in [0.25, 0.3) is 5.91 Å². The van der Waals surface area contributed by atoms with Crippen molar-refractivity contribution < 1.29 is 9.90 Å². The molecule has 0 aliphatic heterocycles. The Kier molecular flexibility index (Phi) is 4.55. The number of phenols is 1. The highest BCUT2D eigenvalue weighted by Crippen LogP contribution is 2.23. The molecule has 2 aromatic rings. The van der Waals surface area contributed by atoms with E-state index < -0.39 is 0 Å². The molecule has 0 aromatic heterocycles. The molecular weight excluding hydrogens is 284 g/mol. The number of benzene rings is 2. The molecule has 0 saturated carbocycles. The molecule has 0 heterocycles. The highest BCUT2D eigenvalue weighted by atomic mass is 32.1. The number of rotatable bonds is 2. The number of aromatic hydroxyl groups is 1. The smallest absolute Gasteiger partial charge is 0.257 e. The molecule has 0 spiro atoms. The zero-order valence-corrected chi connectivity index (χ0v) is 12.6. The average Bonchev–Trinajstić information content (AvgIpc) is 2.43. The van der Waals surface area contributed by atoms with Gasteiger partial charge in [0.15, 0.2) is 5.11 Å². The minimum absolute atomic E-state index is 0.0764. The summed E-state index contributed by atoms with van der Waals surface area (Å²) >= 11 is 5.09. The molecule has 0 bridgehead atoms. The SMILES string of the molecule is Cc1ccc(C(=O)NC(=S)Nc2cc(C)ccc2O)cc1. The fraction of sp³-hybridized carbons (Fsp3) is 0.125. The third-order valence-electron chi connectivity index (χ3n) is 2.94. The first kappa shape index (κ1) is 15.0. The number of nitrogens with one attached hydrogen (secondary N) is 2. The Balaban J connectivity index is 2.03. The average molecular weight is 300 g/mol. The Morgan fingerprint density at radius 2 is 1.67 bits per heavy atom. The lowest BCUT2D eigenvalue weighted by atomic mass is 10.1. The van der Waals surface area contributed by atoms with Gasteiger partial charge in [0, 0.05) is 5.56 Å². The van der Waals surface area contributed by atoms with Gasteiger partial charge in [0.2, 0.25) is 0 Å². The van der Waals surface area contributed by atoms with Crippen LogP contribution in [0.15, 0.2) is 42.5 Å². The molecule has 0 aliphatic rings. The van der Waals surface area contributed by atoms with Crippen molar-refractivity contribution in [3.8, 4) is 5.75 Å². The summed E-state index contributed by atoms with van der Waals surface area (Å²) in [6.07, 6.45) is 0. The molecule has 0 fully saturated rings. The lowest BCUT2D eigenvalue weighted by molar-refractivity contribution is 0.0977. The Morgan fingerprint density at radius 1 is 1.05 bits per heavy atom. The van der Waals surface area contributed by atoms with Crippen molar-refractivity contribution in [3.63, 3.8) is 0 Å². The Hall–Kier alpha value is -2.40. The Labute approximate surface area is 128 Å². The van der Waals surface area contributed by atoms with E-state index in [0.717, 1.165) is 11.1 Å². The number of hydrogen-bond donors (Lipinski definition) is 3. The molecule has 2 aromatic carbocycles. The van der Waals surface area contributed by atoms with Crippen LogP contribution in [0.25, 0.3) is 0 Å². The number of aryl methyl sites for hydroxylation is 2. The monoisotopic (exact) mass is 300 g/mol. The zero-order valence-electron chi connectivity index (χ0n) is 11.8. The van der Waals surface area contributed by atoms with E-state index in [0.29, 0.717) is 11.3 Å². The van der Waals surface area contributed by atoms with Crippen LogP contribution in [0.1, 0.15) is 21.5 Å². The maximum Gasteiger partial charge on any atom is 0.257 e. The van der Waals surface area contributed by atoms with Gasteiger partial charge in [-0.3, -0.25) is 10.1 Å². The minimum Gasteiger partial charge on any atom is -0.506 e. The van der Waals surface area contributed by atoms with E-state index in [1.807, 2.05) is 26.0 Å². The van der Waals surface area contributed by atoms with E-state index in [1.54, 1.807) is 30.3 Å². The molecule has 0 atom stereocenters. The van der Waals surface area contributed by atoms with Gasteiger partial charge in [-0.05, 0) is 55.9 Å². The van der Waals surface area contributed by atoms with Gasteiger partial charge in [0.1, 0.15) is 5.75 Å². The van der Waals surface area contributed by atoms with Crippen molar-refractivity contribution in [1.29, 1.82) is 0 Å². The quantitative estimate of drug-likeness (QED) is 0.589. The van der Waals surface area contributed by atoms with Crippen LogP contribution in [-0.2, 0) is 0 Å². The van der Waals surface area contributed by atoms with Crippen molar-refractivity contribution in [2.45, 2.75) is 13.8 Å². The Bertz CT molecular complexity index is 681. The first-order valence-corrected chi connectivity index (χ1v) is 6.85. The molecular formula is C16H16N2O2S. The van der Waals surface area contributed by atoms with E-state index in [9.17, 15) is 9.90 Å². The van der Waals surface area contributed by atoms with Gasteiger partial charge in [-0.2, -0.15) is 0 Å². The van der Waals surface area contributed by atoms with Crippen LogP contribution in [0.3, 0.4) is 0 Å². The van der Waals surface area contributed by atoms with Gasteiger partial charge in [0.05, 0.1) is 5.69 Å². The first-order chi connectivity index (χ1) is 9.95. The van der Waals surface area contributed by atoms with Crippen LogP contribution in [0, 0.1) is 13.8 Å². The predicted octanol–water partition coefficient (Wildman–Crippen LogP) is 3.14. The highest BCUT2D eigenvalue weighted by Gasteiger charge is 2.09. The van der Waals surface area contributed by atoms with Crippen molar-refractivity contribution in [2.24, 2.45) is 0 Å². The standard InChI is InChI=1S/C16H16N2O2S/c1-10-3-6-12(7-4-10)15(20)18-16(21)17-13-9-11(2)5-8-14(13)19/h3-9,19H,1-2H3,(H2,17,18,20,21). The molecule has 4 nitrogen and oxygen atoms in total. The highest BCUT2D eigenvalue weighted by molar-refractivity contribution is 7.80. The van der Waals surface area contributed by atoms with E-state index in [-0.39, 0.29) is 16.8 Å². The second-order valence-corrected chi connectivity index (χ2v) is 5.20. The molecule has 0 aliphatic carbocycles. The second-order valence-electron chi connectivity index (χ2n) is 4.79. The summed E-state index contributed by atoms with van der Waals surface area (Å²) in [6.45, 7) is 3.85. The van der Waals surface area contributed by atoms with Gasteiger partial charge in [-0.25, -0.2) is 0 Å². The van der Waals surface area contributed by atoms with Crippen LogP contribution in [0.2, 0.25) is 0 Å². The van der Waals surface area contributed by atoms with Crippen LogP contribution in [0.4, 0.5) is 5.69 Å². The first-order valence-electron chi connectivity index (χ1n) is 6.44. The van der Waals surface area contributed by atoms with Gasteiger partial charge >= 0.3 is 0 Å². The molecule has 0 unspecified atom stereocenters. The number of phenolic OH excluding ortho intramolecular Hbond substituents is 1. The van der Waals surface area contributed by atoms with Crippen LogP contribution >= 0.6 is 12.2 Å². The third kappa shape index (κ3) is 4.03. The predicted molar refractivity (Wildman–Crippen MR) is 87.7 cm³/mol. The summed E-state index contributed by atoms with van der Waals surface area (Å²) in [5.41, 5.74) is 3.04. The summed E-state index contributed by atoms with van der Waals surface area (Å²) in [5.74, 6) is -0.216. The van der Waals surface area contributed by atoms with Crippen molar-refractivity contribution >= 4 is 28.9 Å². The van der Waals surface area contributed by atoms with Crippen molar-refractivity contribution in [1.82, 2.24) is 5.32 Å². The second kappa shape index (κ2) is 6.37. The molecule has 21 heavy (non-hydrogen) atoms. The molecule has 0 saturated heterocycles. The molecule has 3 N–H and O–H groups in total. The van der Waals surface area contributed by atoms with E-state index in [2.05, 4.69) is 10.6 Å². The summed E-state index contributed by atoms with van der Waals surface area (Å²) in [5, 5.41) is 15.3. The summed E-state index contributed by atoms with van der Waals surface area (Å²) < 4.78 is 0. The summed E-state index contributed by atoms with van der Waals surface area (Å²) in [7, 11) is 0. The minimum atomic E-state index is -0.292. The lowest BCUT2D eigenvalue weighted by Crippen LogP contribution is -2.34. The number of thiocarbonyl (C=S) groups is 1. The largest absolute Gasteiger partial charge is 0.506 e. The van der Waals surface area contributed by atoms with E-state index >= 15 is 0 Å². The van der Waals surface area contributed by atoms with Gasteiger partial charge < -0.3 is 10.4 Å². The molecule has 2 rings (SSSR count). The lowest BCUT2D eigenvalue weighted by Gasteiger charge is -2.11. The van der Waals surface area contributed by atoms with Gasteiger partial charge in [-0.1, -0.05) is 23.8 Å². The molecule has 1 amide bonds. The van der Waals surface area contributed by atoms with E-state index in [1.165, 1.54) is 0 Å². The maximum atomic E-state index is 12.0. The third-order valence-corrected chi connectivity index (χ3v) is 3.15. The number of anilines is 1. The van der Waals surface area contributed by atoms with Gasteiger partial charge in [-0.15, -0.1) is 0 Å². The number of hydrogen-bond acceptors (Lipinski definition) is 3. The van der Waals surface area contributed by atoms with Crippen molar-refractivity contribution in [2.75, 3.05) is 5.32 Å². The van der Waals surface area contributed by atoms with Crippen molar-refractivity contribution in [3.05, 3.63) is 59.2 Å². The molecule has 5 heteroatoms. The topological polar surface area (TPSA) is 61.4 Å². The van der Waals surface area contributed by atoms with Crippen LogP contribution in [-0.4, -0.2) is 16.1 Å². The van der Waals surface area contributed by atoms with Crippen LogP contribution in [0.5, 0.6) is 5.75 Å².